The lowest BCUT2D eigenvalue weighted by atomic mass is 10.2. The van der Waals surface area contributed by atoms with Gasteiger partial charge in [-0.25, -0.2) is 4.79 Å². The molecule has 0 unspecified atom stereocenters. The molecule has 0 bridgehead atoms. The normalized spacial score (nSPS) is 10.6. The van der Waals surface area contributed by atoms with Crippen LogP contribution in [0.1, 0.15) is 47.9 Å². The second-order valence-corrected chi connectivity index (χ2v) is 6.86. The lowest BCUT2D eigenvalue weighted by molar-refractivity contribution is 0.208. The fraction of sp³-hybridized carbons (Fsp3) is 0.688. The average Bonchev–Trinajstić information content (AvgIpc) is 2.72. The Morgan fingerprint density at radius 1 is 1.30 bits per heavy atom. The third kappa shape index (κ3) is 5.95. The molecule has 3 nitrogen and oxygen atoms in total. The molecule has 1 N–H and O–H groups in total. The third-order valence-electron chi connectivity index (χ3n) is 3.51. The van der Waals surface area contributed by atoms with Crippen molar-refractivity contribution >= 4 is 17.4 Å². The molecular formula is C16H28N2OS. The summed E-state index contributed by atoms with van der Waals surface area (Å²) >= 11 is 1.83. The van der Waals surface area contributed by atoms with Crippen LogP contribution in [-0.2, 0) is 6.42 Å². The highest BCUT2D eigenvalue weighted by molar-refractivity contribution is 7.12. The molecule has 0 spiro atoms. The molecule has 0 saturated carbocycles. The molecule has 1 rings (SSSR count). The van der Waals surface area contributed by atoms with Gasteiger partial charge in [-0.05, 0) is 38.3 Å². The van der Waals surface area contributed by atoms with E-state index in [1.54, 1.807) is 4.90 Å². The monoisotopic (exact) mass is 296 g/mol. The van der Waals surface area contributed by atoms with Crippen LogP contribution in [0.3, 0.4) is 0 Å². The lowest BCUT2D eigenvalue weighted by Gasteiger charge is -2.17. The van der Waals surface area contributed by atoms with Gasteiger partial charge in [0.1, 0.15) is 0 Å². The van der Waals surface area contributed by atoms with E-state index in [9.17, 15) is 4.79 Å². The molecule has 2 amide bonds. The molecule has 1 aromatic rings. The molecule has 1 heterocycles. The van der Waals surface area contributed by atoms with Gasteiger partial charge in [-0.3, -0.25) is 0 Å². The number of amides is 2. The van der Waals surface area contributed by atoms with E-state index in [0.29, 0.717) is 0 Å². The zero-order valence-corrected chi connectivity index (χ0v) is 14.1. The molecule has 20 heavy (non-hydrogen) atoms. The van der Waals surface area contributed by atoms with Gasteiger partial charge in [-0.2, -0.15) is 0 Å². The second-order valence-electron chi connectivity index (χ2n) is 5.40. The minimum Gasteiger partial charge on any atom is -0.338 e. The van der Waals surface area contributed by atoms with Gasteiger partial charge in [0.2, 0.25) is 0 Å². The first kappa shape index (κ1) is 17.0. The van der Waals surface area contributed by atoms with Crippen LogP contribution in [0, 0.1) is 13.8 Å². The molecule has 0 aliphatic carbocycles. The summed E-state index contributed by atoms with van der Waals surface area (Å²) in [5.41, 5.74) is 1.36. The third-order valence-corrected chi connectivity index (χ3v) is 4.52. The molecule has 0 aliphatic heterocycles. The van der Waals surface area contributed by atoms with Crippen molar-refractivity contribution in [2.45, 2.75) is 52.9 Å². The van der Waals surface area contributed by atoms with Gasteiger partial charge in [0.05, 0.1) is 0 Å². The number of nitrogens with zero attached hydrogens (tertiary/aromatic N) is 1. The Morgan fingerprint density at radius 3 is 2.65 bits per heavy atom. The molecule has 0 atom stereocenters. The van der Waals surface area contributed by atoms with Crippen LogP contribution in [-0.4, -0.2) is 31.1 Å². The Kier molecular flexibility index (Phi) is 7.67. The molecule has 0 aromatic carbocycles. The zero-order chi connectivity index (χ0) is 15.0. The Bertz CT molecular complexity index is 415. The minimum absolute atomic E-state index is 0.0473. The SMILES string of the molecule is CCCCCCN(C)C(=O)NCCc1cc(C)sc1C. The van der Waals surface area contributed by atoms with Crippen molar-refractivity contribution in [2.24, 2.45) is 0 Å². The number of carbonyl (C=O) groups excluding carboxylic acids is 1. The summed E-state index contributed by atoms with van der Waals surface area (Å²) in [5.74, 6) is 0. The lowest BCUT2D eigenvalue weighted by Crippen LogP contribution is -2.38. The molecule has 0 saturated heterocycles. The zero-order valence-electron chi connectivity index (χ0n) is 13.3. The number of unbranched alkanes of at least 4 members (excludes halogenated alkanes) is 3. The van der Waals surface area contributed by atoms with E-state index in [1.165, 1.54) is 34.6 Å². The molecule has 0 aliphatic rings. The first-order valence-electron chi connectivity index (χ1n) is 7.59. The standard InChI is InChI=1S/C16H28N2OS/c1-5-6-7-8-11-18(4)16(19)17-10-9-15-12-13(2)20-14(15)3/h12H,5-11H2,1-4H3,(H,17,19). The van der Waals surface area contributed by atoms with Crippen molar-refractivity contribution < 1.29 is 4.79 Å². The van der Waals surface area contributed by atoms with Crippen molar-refractivity contribution in [1.29, 1.82) is 0 Å². The summed E-state index contributed by atoms with van der Waals surface area (Å²) in [4.78, 5) is 16.4. The van der Waals surface area contributed by atoms with E-state index >= 15 is 0 Å². The number of thiophene rings is 1. The first-order valence-corrected chi connectivity index (χ1v) is 8.41. The number of nitrogens with one attached hydrogen (secondary N) is 1. The van der Waals surface area contributed by atoms with Crippen molar-refractivity contribution in [2.75, 3.05) is 20.1 Å². The van der Waals surface area contributed by atoms with Crippen LogP contribution in [0.15, 0.2) is 6.07 Å². The number of urea groups is 1. The van der Waals surface area contributed by atoms with E-state index < -0.39 is 0 Å². The van der Waals surface area contributed by atoms with Crippen LogP contribution >= 0.6 is 11.3 Å². The average molecular weight is 296 g/mol. The Labute approximate surface area is 127 Å². The Morgan fingerprint density at radius 2 is 2.05 bits per heavy atom. The highest BCUT2D eigenvalue weighted by atomic mass is 32.1. The molecule has 114 valence electrons. The molecular weight excluding hydrogens is 268 g/mol. The summed E-state index contributed by atoms with van der Waals surface area (Å²) in [6, 6.07) is 2.27. The first-order chi connectivity index (χ1) is 9.54. The molecule has 0 fully saturated rings. The number of aryl methyl sites for hydroxylation is 2. The smallest absolute Gasteiger partial charge is 0.317 e. The predicted octanol–water partition coefficient (Wildman–Crippen LogP) is 4.13. The van der Waals surface area contributed by atoms with Crippen LogP contribution in [0.25, 0.3) is 0 Å². The van der Waals surface area contributed by atoms with Gasteiger partial charge in [0.25, 0.3) is 0 Å². The number of rotatable bonds is 8. The largest absolute Gasteiger partial charge is 0.338 e. The van der Waals surface area contributed by atoms with Gasteiger partial charge in [-0.1, -0.05) is 26.2 Å². The van der Waals surface area contributed by atoms with Gasteiger partial charge < -0.3 is 10.2 Å². The van der Waals surface area contributed by atoms with Gasteiger partial charge in [0.15, 0.2) is 0 Å². The van der Waals surface area contributed by atoms with Crippen molar-refractivity contribution in [3.8, 4) is 0 Å². The van der Waals surface area contributed by atoms with Crippen LogP contribution in [0.4, 0.5) is 4.79 Å². The van der Waals surface area contributed by atoms with Crippen LogP contribution < -0.4 is 5.32 Å². The summed E-state index contributed by atoms with van der Waals surface area (Å²) in [6.45, 7) is 8.04. The quantitative estimate of drug-likeness (QED) is 0.719. The highest BCUT2D eigenvalue weighted by Gasteiger charge is 2.08. The van der Waals surface area contributed by atoms with Gasteiger partial charge in [-0.15, -0.1) is 11.3 Å². The predicted molar refractivity (Wildman–Crippen MR) is 87.7 cm³/mol. The maximum absolute atomic E-state index is 11.9. The van der Waals surface area contributed by atoms with E-state index in [4.69, 9.17) is 0 Å². The van der Waals surface area contributed by atoms with Crippen molar-refractivity contribution in [1.82, 2.24) is 10.2 Å². The number of hydrogen-bond donors (Lipinski definition) is 1. The number of carbonyl (C=O) groups is 1. The van der Waals surface area contributed by atoms with Crippen molar-refractivity contribution in [3.63, 3.8) is 0 Å². The summed E-state index contributed by atoms with van der Waals surface area (Å²) < 4.78 is 0. The Hall–Kier alpha value is -1.03. The van der Waals surface area contributed by atoms with E-state index in [-0.39, 0.29) is 6.03 Å². The van der Waals surface area contributed by atoms with Crippen LogP contribution in [0.5, 0.6) is 0 Å². The topological polar surface area (TPSA) is 32.3 Å². The fourth-order valence-corrected chi connectivity index (χ4v) is 3.22. The van der Waals surface area contributed by atoms with Crippen LogP contribution in [0.2, 0.25) is 0 Å². The second kappa shape index (κ2) is 9.01. The Balaban J connectivity index is 2.20. The molecule has 4 heteroatoms. The highest BCUT2D eigenvalue weighted by Crippen LogP contribution is 2.20. The van der Waals surface area contributed by atoms with Gasteiger partial charge >= 0.3 is 6.03 Å². The van der Waals surface area contributed by atoms with Gasteiger partial charge in [0, 0.05) is 29.9 Å². The maximum Gasteiger partial charge on any atom is 0.317 e. The van der Waals surface area contributed by atoms with E-state index in [2.05, 4.69) is 32.2 Å². The maximum atomic E-state index is 11.9. The number of hydrogen-bond acceptors (Lipinski definition) is 2. The molecule has 1 aromatic heterocycles. The minimum atomic E-state index is 0.0473. The van der Waals surface area contributed by atoms with E-state index in [0.717, 1.165) is 25.9 Å². The summed E-state index contributed by atoms with van der Waals surface area (Å²) in [6.07, 6.45) is 5.72. The van der Waals surface area contributed by atoms with Crippen molar-refractivity contribution in [3.05, 3.63) is 21.4 Å². The fourth-order valence-electron chi connectivity index (χ4n) is 2.25. The van der Waals surface area contributed by atoms with E-state index in [1.807, 2.05) is 18.4 Å². The molecule has 0 radical (unpaired) electrons. The summed E-state index contributed by atoms with van der Waals surface area (Å²) in [7, 11) is 1.88. The summed E-state index contributed by atoms with van der Waals surface area (Å²) in [5, 5.41) is 3.00.